The normalized spacial score (nSPS) is 12.9. The van der Waals surface area contributed by atoms with Crippen LogP contribution >= 0.6 is 0 Å². The average molecular weight is 570 g/mol. The summed E-state index contributed by atoms with van der Waals surface area (Å²) in [7, 11) is -1.93. The molecule has 0 fully saturated rings. The molecule has 3 amide bonds. The number of nitrogen functional groups attached to an aromatic ring is 1. The van der Waals surface area contributed by atoms with Crippen molar-refractivity contribution in [3.8, 4) is 0 Å². The number of sulfonamides is 1. The van der Waals surface area contributed by atoms with Crippen LogP contribution in [0.4, 0.5) is 0 Å². The topological polar surface area (TPSA) is 202 Å². The number of para-hydroxylation sites is 1. The van der Waals surface area contributed by atoms with Crippen LogP contribution in [0.5, 0.6) is 0 Å². The predicted octanol–water partition coefficient (Wildman–Crippen LogP) is 0.379. The monoisotopic (exact) mass is 569 g/mol. The van der Waals surface area contributed by atoms with E-state index >= 15 is 0 Å². The molecule has 2 unspecified atom stereocenters. The predicted molar refractivity (Wildman–Crippen MR) is 153 cm³/mol. The number of amides is 3. The highest BCUT2D eigenvalue weighted by molar-refractivity contribution is 7.89. The minimum Gasteiger partial charge on any atom is -0.384 e. The van der Waals surface area contributed by atoms with E-state index < -0.39 is 39.8 Å². The summed E-state index contributed by atoms with van der Waals surface area (Å²) in [5, 5.41) is 13.7. The van der Waals surface area contributed by atoms with Gasteiger partial charge in [-0.25, -0.2) is 13.1 Å². The summed E-state index contributed by atoms with van der Waals surface area (Å²) >= 11 is 0. The first-order valence-corrected chi connectivity index (χ1v) is 14.4. The number of rotatable bonds is 14. The highest BCUT2D eigenvalue weighted by Crippen LogP contribution is 2.22. The summed E-state index contributed by atoms with van der Waals surface area (Å²) in [6.07, 6.45) is 1.64. The zero-order valence-corrected chi connectivity index (χ0v) is 23.3. The van der Waals surface area contributed by atoms with E-state index in [9.17, 15) is 22.8 Å². The second-order valence-electron chi connectivity index (χ2n) is 9.45. The van der Waals surface area contributed by atoms with E-state index in [1.165, 1.54) is 6.92 Å². The number of amidine groups is 1. The van der Waals surface area contributed by atoms with Crippen molar-refractivity contribution >= 4 is 44.5 Å². The van der Waals surface area contributed by atoms with Crippen LogP contribution in [0, 0.1) is 5.41 Å². The van der Waals surface area contributed by atoms with Crippen molar-refractivity contribution in [2.24, 2.45) is 18.5 Å². The van der Waals surface area contributed by atoms with Crippen LogP contribution < -0.4 is 26.8 Å². The largest absolute Gasteiger partial charge is 0.384 e. The standard InChI is InChI=1S/C27H35N7O5S/c1-3-40(38,39)33-22(14-19-16-34(2)23-7-5-4-6-20(19)23)27(37)32-21(12-13-24(28)35)26(36)31-15-17-8-10-18(11-9-17)25(29)30/h4-11,16,21-22,33H,3,12-15H2,1-2H3,(H2,28,35)(H3,29,30)(H,31,36)(H,32,37). The summed E-state index contributed by atoms with van der Waals surface area (Å²) in [6.45, 7) is 1.57. The number of aromatic nitrogens is 1. The van der Waals surface area contributed by atoms with Gasteiger partial charge in [-0.3, -0.25) is 19.8 Å². The van der Waals surface area contributed by atoms with E-state index in [0.717, 1.165) is 22.0 Å². The number of aryl methyl sites for hydroxylation is 1. The zero-order valence-electron chi connectivity index (χ0n) is 22.4. The van der Waals surface area contributed by atoms with Crippen molar-refractivity contribution in [1.29, 1.82) is 5.41 Å². The van der Waals surface area contributed by atoms with Gasteiger partial charge in [0.05, 0.1) is 5.75 Å². The Bertz CT molecular complexity index is 1500. The molecule has 0 aliphatic rings. The molecule has 40 heavy (non-hydrogen) atoms. The van der Waals surface area contributed by atoms with Crippen LogP contribution in [0.3, 0.4) is 0 Å². The Morgan fingerprint density at radius 3 is 2.30 bits per heavy atom. The van der Waals surface area contributed by atoms with E-state index in [0.29, 0.717) is 5.56 Å². The van der Waals surface area contributed by atoms with Gasteiger partial charge in [0.25, 0.3) is 0 Å². The van der Waals surface area contributed by atoms with Crippen LogP contribution in [0.25, 0.3) is 10.9 Å². The molecule has 1 aromatic heterocycles. The smallest absolute Gasteiger partial charge is 0.242 e. The molecule has 0 saturated carbocycles. The summed E-state index contributed by atoms with van der Waals surface area (Å²) < 4.78 is 29.3. The van der Waals surface area contributed by atoms with Gasteiger partial charge >= 0.3 is 0 Å². The number of hydrogen-bond acceptors (Lipinski definition) is 6. The molecule has 0 radical (unpaired) electrons. The van der Waals surface area contributed by atoms with Crippen LogP contribution in [-0.2, 0) is 44.4 Å². The maximum atomic E-state index is 13.4. The molecule has 1 heterocycles. The Morgan fingerprint density at radius 1 is 1.00 bits per heavy atom. The van der Waals surface area contributed by atoms with E-state index in [-0.39, 0.29) is 37.4 Å². The molecule has 12 nitrogen and oxygen atoms in total. The maximum absolute atomic E-state index is 13.4. The average Bonchev–Trinajstić information content (AvgIpc) is 3.24. The molecular formula is C27H35N7O5S. The van der Waals surface area contributed by atoms with Crippen molar-refractivity contribution in [2.75, 3.05) is 5.75 Å². The first-order valence-electron chi connectivity index (χ1n) is 12.7. The fraction of sp³-hybridized carbons (Fsp3) is 0.333. The lowest BCUT2D eigenvalue weighted by molar-refractivity contribution is -0.130. The fourth-order valence-corrected chi connectivity index (χ4v) is 5.03. The number of primary amides is 1. The highest BCUT2D eigenvalue weighted by atomic mass is 32.2. The SMILES string of the molecule is CCS(=O)(=O)NC(Cc1cn(C)c2ccccc12)C(=O)NC(CCC(N)=O)C(=O)NCc1ccc(C(=N)N)cc1. The maximum Gasteiger partial charge on any atom is 0.242 e. The zero-order chi connectivity index (χ0) is 29.4. The Hall–Kier alpha value is -4.23. The number of fused-ring (bicyclic) bond motifs is 1. The number of carbonyl (C=O) groups excluding carboxylic acids is 3. The van der Waals surface area contributed by atoms with Crippen molar-refractivity contribution in [2.45, 2.75) is 44.8 Å². The molecule has 3 aromatic rings. The Kier molecular flexibility index (Phi) is 10.0. The van der Waals surface area contributed by atoms with Crippen LogP contribution in [0.15, 0.2) is 54.7 Å². The molecule has 0 aliphatic carbocycles. The second kappa shape index (κ2) is 13.2. The second-order valence-corrected chi connectivity index (χ2v) is 11.5. The number of carbonyl (C=O) groups is 3. The van der Waals surface area contributed by atoms with E-state index in [2.05, 4.69) is 15.4 Å². The van der Waals surface area contributed by atoms with Crippen molar-refractivity contribution < 1.29 is 22.8 Å². The van der Waals surface area contributed by atoms with Crippen LogP contribution in [0.2, 0.25) is 0 Å². The lowest BCUT2D eigenvalue weighted by Crippen LogP contribution is -2.54. The Balaban J connectivity index is 1.80. The van der Waals surface area contributed by atoms with Crippen molar-refractivity contribution in [3.63, 3.8) is 0 Å². The Labute approximate surface area is 233 Å². The lowest BCUT2D eigenvalue weighted by Gasteiger charge is -2.23. The van der Waals surface area contributed by atoms with Gasteiger partial charge in [0, 0.05) is 42.7 Å². The number of nitrogens with zero attached hydrogens (tertiary/aromatic N) is 1. The molecule has 0 aliphatic heterocycles. The van der Waals surface area contributed by atoms with E-state index in [4.69, 9.17) is 16.9 Å². The van der Waals surface area contributed by atoms with Gasteiger partial charge in [-0.15, -0.1) is 0 Å². The minimum absolute atomic E-state index is 0.0407. The molecule has 2 aromatic carbocycles. The molecule has 0 bridgehead atoms. The number of nitrogens with one attached hydrogen (secondary N) is 4. The van der Waals surface area contributed by atoms with Gasteiger partial charge in [-0.05, 0) is 37.0 Å². The molecule has 0 saturated heterocycles. The lowest BCUT2D eigenvalue weighted by atomic mass is 10.0. The van der Waals surface area contributed by atoms with E-state index in [1.807, 2.05) is 42.1 Å². The molecule has 214 valence electrons. The Morgan fingerprint density at radius 2 is 1.68 bits per heavy atom. The van der Waals surface area contributed by atoms with Gasteiger partial charge in [-0.1, -0.05) is 42.5 Å². The summed E-state index contributed by atoms with van der Waals surface area (Å²) in [5.74, 6) is -2.24. The molecular weight excluding hydrogens is 534 g/mol. The van der Waals surface area contributed by atoms with Gasteiger partial charge in [-0.2, -0.15) is 0 Å². The minimum atomic E-state index is -3.78. The fourth-order valence-electron chi connectivity index (χ4n) is 4.24. The third-order valence-electron chi connectivity index (χ3n) is 6.47. The third kappa shape index (κ3) is 8.13. The van der Waals surface area contributed by atoms with Gasteiger partial charge in [0.15, 0.2) is 0 Å². The van der Waals surface area contributed by atoms with Crippen molar-refractivity contribution in [3.05, 3.63) is 71.4 Å². The van der Waals surface area contributed by atoms with Crippen molar-refractivity contribution in [1.82, 2.24) is 19.9 Å². The number of benzene rings is 2. The number of nitrogens with two attached hydrogens (primary N) is 2. The van der Waals surface area contributed by atoms with Gasteiger partial charge in [0.2, 0.25) is 27.7 Å². The third-order valence-corrected chi connectivity index (χ3v) is 7.87. The summed E-state index contributed by atoms with van der Waals surface area (Å²) in [6, 6.07) is 11.9. The number of hydrogen-bond donors (Lipinski definition) is 6. The molecule has 3 rings (SSSR count). The summed E-state index contributed by atoms with van der Waals surface area (Å²) in [5.41, 5.74) is 13.7. The van der Waals surface area contributed by atoms with E-state index in [1.54, 1.807) is 24.3 Å². The van der Waals surface area contributed by atoms with Gasteiger partial charge < -0.3 is 26.7 Å². The highest BCUT2D eigenvalue weighted by Gasteiger charge is 2.29. The van der Waals surface area contributed by atoms with Crippen LogP contribution in [-0.4, -0.2) is 54.4 Å². The van der Waals surface area contributed by atoms with Crippen LogP contribution in [0.1, 0.15) is 36.5 Å². The van der Waals surface area contributed by atoms with Gasteiger partial charge in [0.1, 0.15) is 17.9 Å². The molecule has 2 atom stereocenters. The molecule has 13 heteroatoms. The molecule has 8 N–H and O–H groups in total. The quantitative estimate of drug-likeness (QED) is 0.120. The first-order chi connectivity index (χ1) is 18.9. The summed E-state index contributed by atoms with van der Waals surface area (Å²) in [4.78, 5) is 38.0. The first kappa shape index (κ1) is 30.3. The molecule has 0 spiro atoms.